The fraction of sp³-hybridized carbons (Fsp3) is 0.571. The number of hydrogen-bond acceptors (Lipinski definition) is 2. The topological polar surface area (TPSA) is 33.6 Å². The summed E-state index contributed by atoms with van der Waals surface area (Å²) in [5.41, 5.74) is 3.14. The summed E-state index contributed by atoms with van der Waals surface area (Å²) < 4.78 is 3.06. The maximum absolute atomic E-state index is 5.48. The average molecular weight is 261 g/mol. The van der Waals surface area contributed by atoms with Gasteiger partial charge in [0.15, 0.2) is 10.4 Å². The molecule has 2 heterocycles. The third-order valence-electron chi connectivity index (χ3n) is 3.98. The number of rotatable bonds is 1. The number of fused-ring (bicyclic) bond motifs is 1. The molecule has 3 nitrogen and oxygen atoms in total. The maximum atomic E-state index is 5.48. The van der Waals surface area contributed by atoms with E-state index in [0.29, 0.717) is 6.04 Å². The molecule has 0 aliphatic heterocycles. The van der Waals surface area contributed by atoms with E-state index in [0.717, 1.165) is 27.5 Å². The van der Waals surface area contributed by atoms with Gasteiger partial charge in [0.2, 0.25) is 0 Å². The third kappa shape index (κ3) is 1.99. The number of imidazole rings is 1. The molecular weight excluding hydrogens is 242 g/mol. The monoisotopic (exact) mass is 261 g/mol. The van der Waals surface area contributed by atoms with Crippen molar-refractivity contribution in [2.24, 2.45) is 5.92 Å². The van der Waals surface area contributed by atoms with Crippen LogP contribution in [-0.2, 0) is 0 Å². The van der Waals surface area contributed by atoms with Gasteiger partial charge in [0.05, 0.1) is 5.52 Å². The molecule has 2 unspecified atom stereocenters. The van der Waals surface area contributed by atoms with Crippen molar-refractivity contribution in [2.45, 2.75) is 45.6 Å². The highest BCUT2D eigenvalue weighted by molar-refractivity contribution is 7.71. The fourth-order valence-corrected chi connectivity index (χ4v) is 3.42. The highest BCUT2D eigenvalue weighted by Crippen LogP contribution is 2.34. The van der Waals surface area contributed by atoms with Crippen LogP contribution in [-0.4, -0.2) is 14.5 Å². The van der Waals surface area contributed by atoms with Gasteiger partial charge < -0.3 is 4.98 Å². The minimum atomic E-state index is 0.518. The van der Waals surface area contributed by atoms with Crippen molar-refractivity contribution in [1.82, 2.24) is 14.5 Å². The molecule has 1 N–H and O–H groups in total. The number of nitrogens with zero attached hydrogens (tertiary/aromatic N) is 2. The Bertz CT molecular complexity index is 625. The van der Waals surface area contributed by atoms with Gasteiger partial charge in [0.1, 0.15) is 0 Å². The number of hydrogen-bond donors (Lipinski definition) is 1. The summed E-state index contributed by atoms with van der Waals surface area (Å²) in [7, 11) is 0. The van der Waals surface area contributed by atoms with Gasteiger partial charge in [-0.25, -0.2) is 4.98 Å². The summed E-state index contributed by atoms with van der Waals surface area (Å²) in [4.78, 5) is 7.94. The van der Waals surface area contributed by atoms with Crippen LogP contribution in [0, 0.1) is 17.6 Å². The highest BCUT2D eigenvalue weighted by Gasteiger charge is 2.22. The van der Waals surface area contributed by atoms with Crippen molar-refractivity contribution in [3.8, 4) is 0 Å². The van der Waals surface area contributed by atoms with Gasteiger partial charge in [-0.1, -0.05) is 19.8 Å². The summed E-state index contributed by atoms with van der Waals surface area (Å²) in [6.45, 7) is 4.37. The molecule has 18 heavy (non-hydrogen) atoms. The zero-order valence-corrected chi connectivity index (χ0v) is 11.8. The molecule has 1 aliphatic carbocycles. The molecule has 96 valence electrons. The van der Waals surface area contributed by atoms with Gasteiger partial charge in [0.25, 0.3) is 0 Å². The van der Waals surface area contributed by atoms with E-state index in [4.69, 9.17) is 12.2 Å². The van der Waals surface area contributed by atoms with E-state index in [1.165, 1.54) is 25.7 Å². The zero-order chi connectivity index (χ0) is 12.7. The Labute approximate surface area is 112 Å². The van der Waals surface area contributed by atoms with Crippen LogP contribution in [0.2, 0.25) is 0 Å². The lowest BCUT2D eigenvalue weighted by molar-refractivity contribution is 0.284. The second-order valence-corrected chi connectivity index (χ2v) is 5.94. The van der Waals surface area contributed by atoms with Gasteiger partial charge in [-0.2, -0.15) is 0 Å². The van der Waals surface area contributed by atoms with E-state index < -0.39 is 0 Å². The Morgan fingerprint density at radius 2 is 2.22 bits per heavy atom. The molecular formula is C14H19N3S. The minimum absolute atomic E-state index is 0.518. The van der Waals surface area contributed by atoms with E-state index in [1.54, 1.807) is 0 Å². The number of aromatic amines is 1. The number of aromatic nitrogens is 3. The fourth-order valence-electron chi connectivity index (χ4n) is 3.07. The number of aryl methyl sites for hydroxylation is 1. The van der Waals surface area contributed by atoms with E-state index in [-0.39, 0.29) is 0 Å². The smallest absolute Gasteiger partial charge is 0.179 e. The minimum Gasteiger partial charge on any atom is -0.329 e. The average Bonchev–Trinajstić information content (AvgIpc) is 2.64. The highest BCUT2D eigenvalue weighted by atomic mass is 32.1. The Kier molecular flexibility index (Phi) is 2.98. The summed E-state index contributed by atoms with van der Waals surface area (Å²) in [5, 5.41) is 0. The molecule has 4 heteroatoms. The van der Waals surface area contributed by atoms with Crippen molar-refractivity contribution < 1.29 is 0 Å². The van der Waals surface area contributed by atoms with Crippen LogP contribution < -0.4 is 0 Å². The van der Waals surface area contributed by atoms with Crippen molar-refractivity contribution >= 4 is 23.4 Å². The van der Waals surface area contributed by atoms with Crippen LogP contribution in [0.3, 0.4) is 0 Å². The Hall–Kier alpha value is -1.16. The summed E-state index contributed by atoms with van der Waals surface area (Å²) in [6, 6.07) is 4.63. The van der Waals surface area contributed by atoms with Crippen LogP contribution >= 0.6 is 12.2 Å². The second-order valence-electron chi connectivity index (χ2n) is 5.55. The summed E-state index contributed by atoms with van der Waals surface area (Å²) >= 11 is 5.48. The van der Waals surface area contributed by atoms with Gasteiger partial charge >= 0.3 is 0 Å². The normalized spacial score (nSPS) is 24.6. The first-order valence-electron chi connectivity index (χ1n) is 6.73. The molecule has 2 aromatic rings. The van der Waals surface area contributed by atoms with Gasteiger partial charge in [-0.05, 0) is 50.0 Å². The molecule has 1 saturated carbocycles. The molecule has 0 aromatic carbocycles. The van der Waals surface area contributed by atoms with Crippen LogP contribution in [0.1, 0.15) is 44.3 Å². The Morgan fingerprint density at radius 1 is 1.39 bits per heavy atom. The van der Waals surface area contributed by atoms with Crippen LogP contribution in [0.15, 0.2) is 12.1 Å². The maximum Gasteiger partial charge on any atom is 0.179 e. The molecule has 0 saturated heterocycles. The Balaban J connectivity index is 2.12. The first kappa shape index (κ1) is 11.9. The van der Waals surface area contributed by atoms with Crippen LogP contribution in [0.25, 0.3) is 11.2 Å². The SMILES string of the molecule is Cc1ccc2[nH]c(=S)n(C3CCCC(C)C3)c2n1. The first-order chi connectivity index (χ1) is 8.65. The third-order valence-corrected chi connectivity index (χ3v) is 4.28. The summed E-state index contributed by atoms with van der Waals surface area (Å²) in [5.74, 6) is 0.792. The van der Waals surface area contributed by atoms with E-state index in [2.05, 4.69) is 27.5 Å². The molecule has 2 atom stereocenters. The van der Waals surface area contributed by atoms with Crippen molar-refractivity contribution in [2.75, 3.05) is 0 Å². The molecule has 3 rings (SSSR count). The number of nitrogens with one attached hydrogen (secondary N) is 1. The Morgan fingerprint density at radius 3 is 3.00 bits per heavy atom. The quantitative estimate of drug-likeness (QED) is 0.782. The molecule has 0 amide bonds. The molecule has 0 radical (unpaired) electrons. The first-order valence-corrected chi connectivity index (χ1v) is 7.14. The van der Waals surface area contributed by atoms with Gasteiger partial charge in [0, 0.05) is 11.7 Å². The predicted octanol–water partition coefficient (Wildman–Crippen LogP) is 4.15. The van der Waals surface area contributed by atoms with E-state index in [1.807, 2.05) is 13.0 Å². The largest absolute Gasteiger partial charge is 0.329 e. The zero-order valence-electron chi connectivity index (χ0n) is 10.9. The molecule has 0 bridgehead atoms. The summed E-state index contributed by atoms with van der Waals surface area (Å²) in [6.07, 6.45) is 5.09. The van der Waals surface area contributed by atoms with Crippen molar-refractivity contribution in [3.63, 3.8) is 0 Å². The van der Waals surface area contributed by atoms with Crippen LogP contribution in [0.4, 0.5) is 0 Å². The van der Waals surface area contributed by atoms with Crippen molar-refractivity contribution in [3.05, 3.63) is 22.6 Å². The number of H-pyrrole nitrogens is 1. The lowest BCUT2D eigenvalue weighted by atomic mass is 9.87. The molecule has 1 aliphatic rings. The predicted molar refractivity (Wildman–Crippen MR) is 76.3 cm³/mol. The lowest BCUT2D eigenvalue weighted by Crippen LogP contribution is -2.18. The van der Waals surface area contributed by atoms with Crippen molar-refractivity contribution in [1.29, 1.82) is 0 Å². The molecule has 1 fully saturated rings. The lowest BCUT2D eigenvalue weighted by Gasteiger charge is -2.27. The number of pyridine rings is 1. The second kappa shape index (κ2) is 4.50. The van der Waals surface area contributed by atoms with E-state index >= 15 is 0 Å². The van der Waals surface area contributed by atoms with Gasteiger partial charge in [-0.3, -0.25) is 4.57 Å². The standard InChI is InChI=1S/C14H19N3S/c1-9-4-3-5-11(8-9)17-13-12(16-14(17)18)7-6-10(2)15-13/h6-7,9,11H,3-5,8H2,1-2H3,(H,16,18). The molecule has 2 aromatic heterocycles. The van der Waals surface area contributed by atoms with Gasteiger partial charge in [-0.15, -0.1) is 0 Å². The van der Waals surface area contributed by atoms with E-state index in [9.17, 15) is 0 Å². The molecule has 0 spiro atoms. The van der Waals surface area contributed by atoms with Crippen LogP contribution in [0.5, 0.6) is 0 Å².